The van der Waals surface area contributed by atoms with Crippen LogP contribution >= 0.6 is 34.7 Å². The molecule has 177 valence electrons. The molecule has 0 bridgehead atoms. The summed E-state index contributed by atoms with van der Waals surface area (Å²) in [5, 5.41) is 17.0. The molecular formula is C18H18B2ClN4O7S2. The van der Waals surface area contributed by atoms with Crippen LogP contribution in [-0.2, 0) is 28.7 Å². The predicted molar refractivity (Wildman–Crippen MR) is 126 cm³/mol. The molecule has 2 aliphatic heterocycles. The van der Waals surface area contributed by atoms with Gasteiger partial charge in [-0.05, 0) is 18.9 Å². The number of β-lactam (4-membered cyclic amide) rings is 1. The number of aromatic nitrogens is 1. The first-order valence-electron chi connectivity index (χ1n) is 9.89. The first kappa shape index (κ1) is 26.3. The number of carbonyl (C=O) groups excluding carboxylic acids is 4. The van der Waals surface area contributed by atoms with E-state index >= 15 is 0 Å². The minimum Gasteiger partial charge on any atom is -0.539 e. The van der Waals surface area contributed by atoms with Gasteiger partial charge in [-0.25, -0.2) is 9.78 Å². The van der Waals surface area contributed by atoms with E-state index in [1.807, 2.05) is 0 Å². The van der Waals surface area contributed by atoms with Crippen molar-refractivity contribution in [3.05, 3.63) is 27.4 Å². The third-order valence-corrected chi connectivity index (χ3v) is 7.39. The van der Waals surface area contributed by atoms with Gasteiger partial charge >= 0.3 is 21.5 Å². The van der Waals surface area contributed by atoms with Crippen molar-refractivity contribution >= 4 is 79.4 Å². The van der Waals surface area contributed by atoms with Gasteiger partial charge in [-0.3, -0.25) is 14.5 Å². The Balaban J connectivity index is 1.82. The third kappa shape index (κ3) is 5.16. The molecule has 3 heterocycles. The number of hydrogen-bond acceptors (Lipinski definition) is 11. The normalized spacial score (nSPS) is 20.8. The van der Waals surface area contributed by atoms with Crippen LogP contribution in [0.5, 0.6) is 0 Å². The Morgan fingerprint density at radius 1 is 1.50 bits per heavy atom. The summed E-state index contributed by atoms with van der Waals surface area (Å²) >= 11 is 8.47. The molecule has 3 rings (SSSR count). The van der Waals surface area contributed by atoms with Gasteiger partial charge in [-0.2, -0.15) is 0 Å². The number of amides is 2. The van der Waals surface area contributed by atoms with Crippen LogP contribution in [0.25, 0.3) is 0 Å². The van der Waals surface area contributed by atoms with Crippen molar-refractivity contribution < 1.29 is 33.7 Å². The summed E-state index contributed by atoms with van der Waals surface area (Å²) in [5.41, 5.74) is -0.328. The second-order valence-electron chi connectivity index (χ2n) is 7.08. The Morgan fingerprint density at radius 2 is 2.24 bits per heavy atom. The smallest absolute Gasteiger partial charge is 0.378 e. The van der Waals surface area contributed by atoms with Gasteiger partial charge in [-0.15, -0.1) is 34.7 Å². The van der Waals surface area contributed by atoms with Crippen molar-refractivity contribution in [2.45, 2.75) is 37.8 Å². The largest absolute Gasteiger partial charge is 0.539 e. The van der Waals surface area contributed by atoms with Crippen LogP contribution < -0.4 is 5.32 Å². The number of oxime groups is 1. The standard InChI is InChI=1S/C18H18B2ClN4O7S2/c1-3-10(14(26)20-30)32-24-11(9-6-33-7(2)22-9)15(27)23-12-16(28)25-13(18(29)31-19)8(4-21)5-34-17(12)25/h6,10,12,17,30H,3-5H2,1-2H3,(H,23,27)/b24-11-/t10-,12+,17+/m0/s1. The van der Waals surface area contributed by atoms with Crippen LogP contribution in [-0.4, -0.2) is 88.8 Å². The summed E-state index contributed by atoms with van der Waals surface area (Å²) in [5.74, 6) is -1.88. The summed E-state index contributed by atoms with van der Waals surface area (Å²) in [7, 11) is 5.37. The highest BCUT2D eigenvalue weighted by Crippen LogP contribution is 2.40. The molecule has 1 aromatic heterocycles. The van der Waals surface area contributed by atoms with E-state index < -0.39 is 41.0 Å². The van der Waals surface area contributed by atoms with E-state index in [0.29, 0.717) is 23.8 Å². The van der Waals surface area contributed by atoms with Crippen LogP contribution in [0.1, 0.15) is 24.0 Å². The van der Waals surface area contributed by atoms with Crippen LogP contribution in [0.3, 0.4) is 0 Å². The monoisotopic (exact) mass is 523 g/mol. The SMILES string of the molecule is [B]OC(=O)C1=C(CCl)CS[C@@H]2[C@H](NC(=O)/C(=N\O[C@@H](CC)C(=O)[B]O)c3csc(C)n3)C(=O)N12. The van der Waals surface area contributed by atoms with E-state index in [1.165, 1.54) is 28.0 Å². The molecule has 11 nitrogen and oxygen atoms in total. The van der Waals surface area contributed by atoms with Gasteiger partial charge in [0.25, 0.3) is 11.8 Å². The van der Waals surface area contributed by atoms with Crippen LogP contribution in [0.15, 0.2) is 21.8 Å². The zero-order valence-electron chi connectivity index (χ0n) is 18.0. The van der Waals surface area contributed by atoms with E-state index in [0.717, 1.165) is 0 Å². The molecular weight excluding hydrogens is 505 g/mol. The van der Waals surface area contributed by atoms with E-state index in [-0.39, 0.29) is 29.4 Å². The fourth-order valence-corrected chi connectivity index (χ4v) is 5.52. The maximum absolute atomic E-state index is 13.1. The zero-order chi connectivity index (χ0) is 25.0. The molecule has 1 fully saturated rings. The molecule has 34 heavy (non-hydrogen) atoms. The number of alkyl halides is 1. The molecule has 3 atom stereocenters. The van der Waals surface area contributed by atoms with Crippen molar-refractivity contribution in [1.29, 1.82) is 0 Å². The lowest BCUT2D eigenvalue weighted by Gasteiger charge is -2.49. The van der Waals surface area contributed by atoms with Crippen molar-refractivity contribution in [3.63, 3.8) is 0 Å². The topological polar surface area (TPSA) is 147 Å². The Bertz CT molecular complexity index is 1070. The van der Waals surface area contributed by atoms with Gasteiger partial charge in [0.2, 0.25) is 0 Å². The number of aryl methyl sites for hydroxylation is 1. The lowest BCUT2D eigenvalue weighted by molar-refractivity contribution is -0.149. The predicted octanol–water partition coefficient (Wildman–Crippen LogP) is -0.392. The van der Waals surface area contributed by atoms with Crippen molar-refractivity contribution in [3.8, 4) is 0 Å². The second kappa shape index (κ2) is 11.4. The summed E-state index contributed by atoms with van der Waals surface area (Å²) in [6, 6.07) is -0.978. The number of thiazole rings is 1. The molecule has 0 unspecified atom stereocenters. The number of halogens is 1. The van der Waals surface area contributed by atoms with Gasteiger partial charge < -0.3 is 24.6 Å². The van der Waals surface area contributed by atoms with Gasteiger partial charge in [0.15, 0.2) is 17.5 Å². The number of hydrogen-bond donors (Lipinski definition) is 2. The molecule has 2 amide bonds. The average molecular weight is 524 g/mol. The highest BCUT2D eigenvalue weighted by Gasteiger charge is 2.54. The lowest BCUT2D eigenvalue weighted by atomic mass is 9.88. The quantitative estimate of drug-likeness (QED) is 0.138. The number of nitrogens with zero attached hydrogens (tertiary/aromatic N) is 3. The molecule has 1 aromatic rings. The summed E-state index contributed by atoms with van der Waals surface area (Å²) in [6.45, 7) is 3.37. The minimum absolute atomic E-state index is 0.00483. The highest BCUT2D eigenvalue weighted by atomic mass is 35.5. The number of nitrogens with one attached hydrogen (secondary N) is 1. The minimum atomic E-state index is -1.11. The summed E-state index contributed by atoms with van der Waals surface area (Å²) in [6.07, 6.45) is -0.916. The van der Waals surface area contributed by atoms with Gasteiger partial charge in [0, 0.05) is 17.0 Å². The van der Waals surface area contributed by atoms with Gasteiger partial charge in [0.1, 0.15) is 22.8 Å². The number of carbonyl (C=O) groups is 4. The maximum Gasteiger partial charge on any atom is 0.378 e. The zero-order valence-corrected chi connectivity index (χ0v) is 20.4. The first-order chi connectivity index (χ1) is 16.3. The number of thioether (sulfide) groups is 1. The average Bonchev–Trinajstić information content (AvgIpc) is 3.28. The first-order valence-corrected chi connectivity index (χ1v) is 12.4. The molecule has 0 aromatic carbocycles. The Kier molecular flexibility index (Phi) is 8.79. The number of rotatable bonds is 10. The lowest BCUT2D eigenvalue weighted by Crippen LogP contribution is -2.71. The highest BCUT2D eigenvalue weighted by molar-refractivity contribution is 8.00. The van der Waals surface area contributed by atoms with Crippen LogP contribution in [0, 0.1) is 6.92 Å². The fraction of sp³-hybridized carbons (Fsp3) is 0.444. The molecule has 0 spiro atoms. The molecule has 16 heteroatoms. The number of fused-ring (bicyclic) bond motifs is 1. The van der Waals surface area contributed by atoms with Gasteiger partial charge in [-0.1, -0.05) is 12.1 Å². The van der Waals surface area contributed by atoms with E-state index in [9.17, 15) is 19.2 Å². The molecule has 3 radical (unpaired) electrons. The van der Waals surface area contributed by atoms with E-state index in [2.05, 4.69) is 20.1 Å². The summed E-state index contributed by atoms with van der Waals surface area (Å²) < 4.78 is 4.29. The Hall–Kier alpha value is -2.35. The van der Waals surface area contributed by atoms with Crippen molar-refractivity contribution in [1.82, 2.24) is 15.2 Å². The molecule has 0 aliphatic carbocycles. The maximum atomic E-state index is 13.1. The molecule has 1 saturated heterocycles. The van der Waals surface area contributed by atoms with Crippen molar-refractivity contribution in [2.24, 2.45) is 5.16 Å². The van der Waals surface area contributed by atoms with E-state index in [1.54, 1.807) is 19.2 Å². The second-order valence-corrected chi connectivity index (χ2v) is 9.51. The third-order valence-electron chi connectivity index (χ3n) is 4.96. The van der Waals surface area contributed by atoms with Crippen LogP contribution in [0.4, 0.5) is 0 Å². The molecule has 2 aliphatic rings. The Morgan fingerprint density at radius 3 is 2.79 bits per heavy atom. The van der Waals surface area contributed by atoms with Gasteiger partial charge in [0.05, 0.1) is 5.01 Å². The fourth-order valence-electron chi connectivity index (χ4n) is 3.24. The molecule has 0 saturated carbocycles. The molecule has 2 N–H and O–H groups in total. The van der Waals surface area contributed by atoms with E-state index in [4.69, 9.17) is 29.5 Å². The summed E-state index contributed by atoms with van der Waals surface area (Å²) in [4.78, 5) is 60.4. The Labute approximate surface area is 210 Å². The van der Waals surface area contributed by atoms with Crippen LogP contribution in [0.2, 0.25) is 0 Å². The van der Waals surface area contributed by atoms with Crippen molar-refractivity contribution in [2.75, 3.05) is 11.6 Å².